The van der Waals surface area contributed by atoms with Gasteiger partial charge in [0.1, 0.15) is 17.0 Å². The standard InChI is InChI=1S/C16H21BrN2O6/c1-15(2,3)24-13(22)19(14(23)25-16(4,5)6)10-8-7-9(17)11(18-10)12(20)21/h7-8H,1-6H3,(H,20,21). The van der Waals surface area contributed by atoms with Crippen LogP contribution in [0.3, 0.4) is 0 Å². The Hall–Kier alpha value is -2.16. The van der Waals surface area contributed by atoms with Crippen LogP contribution in [0.15, 0.2) is 16.6 Å². The summed E-state index contributed by atoms with van der Waals surface area (Å²) in [5.41, 5.74) is -2.10. The predicted octanol–water partition coefficient (Wildman–Crippen LogP) is 4.22. The number of carbonyl (C=O) groups excluding carboxylic acids is 2. The number of aromatic carboxylic acids is 1. The Kier molecular flexibility index (Phi) is 6.17. The van der Waals surface area contributed by atoms with Gasteiger partial charge in [-0.05, 0) is 69.6 Å². The molecule has 2 amide bonds. The Morgan fingerprint density at radius 2 is 1.44 bits per heavy atom. The third kappa shape index (κ3) is 6.33. The van der Waals surface area contributed by atoms with Gasteiger partial charge in [0.25, 0.3) is 0 Å². The van der Waals surface area contributed by atoms with E-state index in [-0.39, 0.29) is 16.0 Å². The van der Waals surface area contributed by atoms with Gasteiger partial charge in [-0.15, -0.1) is 0 Å². The summed E-state index contributed by atoms with van der Waals surface area (Å²) in [7, 11) is 0. The molecule has 0 radical (unpaired) electrons. The van der Waals surface area contributed by atoms with Crippen LogP contribution in [0.5, 0.6) is 0 Å². The van der Waals surface area contributed by atoms with E-state index in [1.54, 1.807) is 41.5 Å². The molecule has 1 heterocycles. The lowest BCUT2D eigenvalue weighted by Gasteiger charge is -2.28. The van der Waals surface area contributed by atoms with Gasteiger partial charge < -0.3 is 14.6 Å². The number of halogens is 1. The molecule has 8 nitrogen and oxygen atoms in total. The highest BCUT2D eigenvalue weighted by atomic mass is 79.9. The topological polar surface area (TPSA) is 106 Å². The fraction of sp³-hybridized carbons (Fsp3) is 0.500. The van der Waals surface area contributed by atoms with E-state index in [1.807, 2.05) is 0 Å². The molecule has 0 saturated heterocycles. The van der Waals surface area contributed by atoms with E-state index in [1.165, 1.54) is 12.1 Å². The van der Waals surface area contributed by atoms with Crippen LogP contribution in [0, 0.1) is 0 Å². The smallest absolute Gasteiger partial charge is 0.425 e. The first kappa shape index (κ1) is 20.9. The quantitative estimate of drug-likeness (QED) is 0.768. The van der Waals surface area contributed by atoms with Crippen molar-refractivity contribution >= 4 is 39.9 Å². The Bertz CT molecular complexity index is 663. The Balaban J connectivity index is 3.36. The summed E-state index contributed by atoms with van der Waals surface area (Å²) in [6.45, 7) is 9.81. The van der Waals surface area contributed by atoms with Crippen molar-refractivity contribution in [2.75, 3.05) is 4.90 Å². The average molecular weight is 417 g/mol. The van der Waals surface area contributed by atoms with Gasteiger partial charge in [0.05, 0.1) is 4.47 Å². The summed E-state index contributed by atoms with van der Waals surface area (Å²) >= 11 is 3.06. The van der Waals surface area contributed by atoms with Gasteiger partial charge in [-0.2, -0.15) is 4.90 Å². The molecule has 0 aliphatic carbocycles. The summed E-state index contributed by atoms with van der Waals surface area (Å²) < 4.78 is 10.6. The zero-order valence-corrected chi connectivity index (χ0v) is 16.5. The summed E-state index contributed by atoms with van der Waals surface area (Å²) in [5, 5.41) is 9.18. The van der Waals surface area contributed by atoms with Gasteiger partial charge in [-0.3, -0.25) is 0 Å². The van der Waals surface area contributed by atoms with Crippen LogP contribution in [-0.4, -0.2) is 39.4 Å². The Morgan fingerprint density at radius 1 is 1.00 bits per heavy atom. The first-order valence-corrected chi connectivity index (χ1v) is 8.16. The number of nitrogens with zero attached hydrogens (tertiary/aromatic N) is 2. The number of carbonyl (C=O) groups is 3. The second-order valence-corrected chi connectivity index (χ2v) is 7.96. The molecule has 0 bridgehead atoms. The van der Waals surface area contributed by atoms with Crippen molar-refractivity contribution in [3.8, 4) is 0 Å². The summed E-state index contributed by atoms with van der Waals surface area (Å²) in [4.78, 5) is 40.6. The molecule has 0 saturated carbocycles. The number of carboxylic acid groups (broad SMARTS) is 1. The van der Waals surface area contributed by atoms with E-state index >= 15 is 0 Å². The number of carboxylic acids is 1. The van der Waals surface area contributed by atoms with Gasteiger partial charge in [-0.1, -0.05) is 0 Å². The lowest BCUT2D eigenvalue weighted by Crippen LogP contribution is -2.44. The first-order chi connectivity index (χ1) is 11.2. The zero-order chi connectivity index (χ0) is 19.6. The van der Waals surface area contributed by atoms with Gasteiger partial charge in [-0.25, -0.2) is 19.4 Å². The van der Waals surface area contributed by atoms with Crippen molar-refractivity contribution in [1.82, 2.24) is 4.98 Å². The molecule has 0 aromatic carbocycles. The molecule has 9 heteroatoms. The van der Waals surface area contributed by atoms with E-state index in [4.69, 9.17) is 9.47 Å². The van der Waals surface area contributed by atoms with Crippen molar-refractivity contribution < 1.29 is 29.0 Å². The second kappa shape index (κ2) is 7.38. The van der Waals surface area contributed by atoms with Gasteiger partial charge in [0.2, 0.25) is 0 Å². The molecule has 1 rings (SSSR count). The number of amides is 2. The molecule has 0 atom stereocenters. The summed E-state index contributed by atoms with van der Waals surface area (Å²) in [6, 6.07) is 2.68. The van der Waals surface area contributed by atoms with Crippen LogP contribution in [0.2, 0.25) is 0 Å². The van der Waals surface area contributed by atoms with Crippen molar-refractivity contribution in [2.45, 2.75) is 52.7 Å². The number of ether oxygens (including phenoxy) is 2. The second-order valence-electron chi connectivity index (χ2n) is 7.10. The minimum atomic E-state index is -1.32. The predicted molar refractivity (Wildman–Crippen MR) is 93.8 cm³/mol. The van der Waals surface area contributed by atoms with Crippen LogP contribution >= 0.6 is 15.9 Å². The largest absolute Gasteiger partial charge is 0.476 e. The monoisotopic (exact) mass is 416 g/mol. The molecular formula is C16H21BrN2O6. The minimum Gasteiger partial charge on any atom is -0.476 e. The highest BCUT2D eigenvalue weighted by Gasteiger charge is 2.34. The van der Waals surface area contributed by atoms with Crippen molar-refractivity contribution in [3.63, 3.8) is 0 Å². The first-order valence-electron chi connectivity index (χ1n) is 7.37. The van der Waals surface area contributed by atoms with Crippen molar-refractivity contribution in [3.05, 3.63) is 22.3 Å². The number of imide groups is 1. The Labute approximate surface area is 154 Å². The van der Waals surface area contributed by atoms with Crippen LogP contribution in [0.4, 0.5) is 15.4 Å². The SMILES string of the molecule is CC(C)(C)OC(=O)N(C(=O)OC(C)(C)C)c1ccc(Br)c(C(=O)O)n1. The van der Waals surface area contributed by atoms with Gasteiger partial charge in [0.15, 0.2) is 5.69 Å². The highest BCUT2D eigenvalue weighted by molar-refractivity contribution is 9.10. The molecule has 1 aromatic heterocycles. The van der Waals surface area contributed by atoms with Crippen LogP contribution in [0.25, 0.3) is 0 Å². The van der Waals surface area contributed by atoms with Crippen LogP contribution < -0.4 is 4.90 Å². The number of aromatic nitrogens is 1. The molecule has 0 aliphatic heterocycles. The summed E-state index contributed by atoms with van der Waals surface area (Å²) in [5.74, 6) is -1.54. The number of rotatable bonds is 2. The number of hydrogen-bond donors (Lipinski definition) is 1. The van der Waals surface area contributed by atoms with Gasteiger partial charge >= 0.3 is 18.2 Å². The fourth-order valence-electron chi connectivity index (χ4n) is 1.58. The molecule has 1 N–H and O–H groups in total. The molecule has 0 spiro atoms. The number of pyridine rings is 1. The molecule has 138 valence electrons. The number of anilines is 1. The van der Waals surface area contributed by atoms with E-state index in [2.05, 4.69) is 20.9 Å². The Morgan fingerprint density at radius 3 is 1.80 bits per heavy atom. The molecular weight excluding hydrogens is 396 g/mol. The molecule has 1 aromatic rings. The lowest BCUT2D eigenvalue weighted by molar-refractivity contribution is 0.0427. The van der Waals surface area contributed by atoms with Crippen LogP contribution in [-0.2, 0) is 9.47 Å². The maximum absolute atomic E-state index is 12.5. The third-order valence-electron chi connectivity index (χ3n) is 2.42. The molecule has 0 aliphatic rings. The van der Waals surface area contributed by atoms with Gasteiger partial charge in [0, 0.05) is 0 Å². The zero-order valence-electron chi connectivity index (χ0n) is 14.9. The normalized spacial score (nSPS) is 11.6. The minimum absolute atomic E-state index is 0.206. The third-order valence-corrected chi connectivity index (χ3v) is 3.06. The van der Waals surface area contributed by atoms with Crippen molar-refractivity contribution in [1.29, 1.82) is 0 Å². The van der Waals surface area contributed by atoms with Crippen LogP contribution in [0.1, 0.15) is 52.0 Å². The van der Waals surface area contributed by atoms with E-state index in [0.717, 1.165) is 0 Å². The maximum Gasteiger partial charge on any atom is 0.425 e. The lowest BCUT2D eigenvalue weighted by atomic mass is 10.2. The fourth-order valence-corrected chi connectivity index (χ4v) is 1.97. The molecule has 25 heavy (non-hydrogen) atoms. The van der Waals surface area contributed by atoms with E-state index in [0.29, 0.717) is 4.90 Å². The molecule has 0 fully saturated rings. The van der Waals surface area contributed by atoms with E-state index < -0.39 is 29.4 Å². The maximum atomic E-state index is 12.5. The summed E-state index contributed by atoms with van der Waals surface area (Å²) in [6.07, 6.45) is -2.04. The average Bonchev–Trinajstić information content (AvgIpc) is 2.36. The van der Waals surface area contributed by atoms with E-state index in [9.17, 15) is 19.5 Å². The highest BCUT2D eigenvalue weighted by Crippen LogP contribution is 2.24. The molecule has 0 unspecified atom stereocenters. The van der Waals surface area contributed by atoms with Crippen molar-refractivity contribution in [2.24, 2.45) is 0 Å². The number of hydrogen-bond acceptors (Lipinski definition) is 6.